The summed E-state index contributed by atoms with van der Waals surface area (Å²) in [6, 6.07) is 5.37. The van der Waals surface area contributed by atoms with Crippen molar-refractivity contribution in [2.24, 2.45) is 0 Å². The molecule has 0 aliphatic heterocycles. The van der Waals surface area contributed by atoms with Gasteiger partial charge in [-0.1, -0.05) is 0 Å². The van der Waals surface area contributed by atoms with Crippen LogP contribution in [0.4, 0.5) is 0 Å². The molecule has 0 amide bonds. The minimum absolute atomic E-state index is 0.0508. The predicted octanol–water partition coefficient (Wildman–Crippen LogP) is 1.86. The molecule has 0 saturated carbocycles. The van der Waals surface area contributed by atoms with Gasteiger partial charge in [0.25, 0.3) is 5.82 Å². The number of halogens is 1. The van der Waals surface area contributed by atoms with Crippen molar-refractivity contribution in [3.05, 3.63) is 32.9 Å². The molecule has 0 radical (unpaired) electrons. The molecule has 0 unspecified atom stereocenters. The van der Waals surface area contributed by atoms with E-state index in [1.165, 1.54) is 22.3 Å². The van der Waals surface area contributed by atoms with E-state index in [0.29, 0.717) is 4.88 Å². The standard InChI is InChI=1S/C9H5BrN4OS/c10-8-2-1-7(16-8)6(15)4-14-5-12-9(3-11)13-14/h1-2,5H,4H2. The fourth-order valence-corrected chi connectivity index (χ4v) is 2.43. The Morgan fingerprint density at radius 1 is 1.62 bits per heavy atom. The predicted molar refractivity (Wildman–Crippen MR) is 61.1 cm³/mol. The number of aromatic nitrogens is 3. The Bertz CT molecular complexity index is 568. The molecule has 80 valence electrons. The molecule has 0 fully saturated rings. The Balaban J connectivity index is 2.11. The van der Waals surface area contributed by atoms with Gasteiger partial charge >= 0.3 is 0 Å². The molecule has 0 spiro atoms. The summed E-state index contributed by atoms with van der Waals surface area (Å²) < 4.78 is 2.27. The first-order valence-electron chi connectivity index (χ1n) is 4.27. The Morgan fingerprint density at radius 3 is 3.00 bits per heavy atom. The summed E-state index contributed by atoms with van der Waals surface area (Å²) in [5.74, 6) is 0.0187. The molecule has 16 heavy (non-hydrogen) atoms. The van der Waals surface area contributed by atoms with Crippen LogP contribution in [0.15, 0.2) is 22.2 Å². The van der Waals surface area contributed by atoms with Crippen molar-refractivity contribution in [3.8, 4) is 6.07 Å². The van der Waals surface area contributed by atoms with E-state index in [1.54, 1.807) is 12.1 Å². The summed E-state index contributed by atoms with van der Waals surface area (Å²) in [4.78, 5) is 16.1. The first-order valence-corrected chi connectivity index (χ1v) is 5.88. The van der Waals surface area contributed by atoms with E-state index in [4.69, 9.17) is 5.26 Å². The second-order valence-corrected chi connectivity index (χ2v) is 5.37. The maximum Gasteiger partial charge on any atom is 0.252 e. The number of hydrogen-bond donors (Lipinski definition) is 0. The van der Waals surface area contributed by atoms with E-state index in [-0.39, 0.29) is 18.2 Å². The molecule has 2 heterocycles. The molecular formula is C9H5BrN4OS. The highest BCUT2D eigenvalue weighted by molar-refractivity contribution is 9.11. The van der Waals surface area contributed by atoms with Crippen LogP contribution >= 0.6 is 27.3 Å². The third-order valence-electron chi connectivity index (χ3n) is 1.79. The highest BCUT2D eigenvalue weighted by Crippen LogP contribution is 2.22. The van der Waals surface area contributed by atoms with Gasteiger partial charge in [0.1, 0.15) is 18.9 Å². The van der Waals surface area contributed by atoms with Crippen molar-refractivity contribution < 1.29 is 4.79 Å². The van der Waals surface area contributed by atoms with Gasteiger partial charge in [-0.15, -0.1) is 16.4 Å². The summed E-state index contributed by atoms with van der Waals surface area (Å²) >= 11 is 4.66. The molecule has 7 heteroatoms. The third-order valence-corrected chi connectivity index (χ3v) is 3.45. The van der Waals surface area contributed by atoms with Crippen LogP contribution in [0.3, 0.4) is 0 Å². The van der Waals surface area contributed by atoms with Crippen molar-refractivity contribution in [2.45, 2.75) is 6.54 Å². The first kappa shape index (κ1) is 11.0. The molecule has 0 N–H and O–H groups in total. The van der Waals surface area contributed by atoms with Crippen molar-refractivity contribution in [1.82, 2.24) is 14.8 Å². The Kier molecular flexibility index (Phi) is 3.12. The van der Waals surface area contributed by atoms with Gasteiger partial charge in [-0.25, -0.2) is 9.67 Å². The Labute approximate surface area is 103 Å². The Morgan fingerprint density at radius 2 is 2.44 bits per heavy atom. The smallest absolute Gasteiger partial charge is 0.252 e. The summed E-state index contributed by atoms with van der Waals surface area (Å²) in [5, 5.41) is 12.3. The van der Waals surface area contributed by atoms with E-state index in [9.17, 15) is 4.79 Å². The number of ketones is 1. The maximum atomic E-state index is 11.7. The first-order chi connectivity index (χ1) is 7.69. The second-order valence-electron chi connectivity index (χ2n) is 2.90. The average molecular weight is 297 g/mol. The van der Waals surface area contributed by atoms with Crippen LogP contribution in [0.25, 0.3) is 0 Å². The lowest BCUT2D eigenvalue weighted by atomic mass is 10.3. The molecule has 0 saturated heterocycles. The number of Topliss-reactive ketones (excluding diaryl/α,β-unsaturated/α-hetero) is 1. The Hall–Kier alpha value is -1.52. The van der Waals surface area contributed by atoms with E-state index in [1.807, 2.05) is 6.07 Å². The molecule has 2 rings (SSSR count). The van der Waals surface area contributed by atoms with E-state index >= 15 is 0 Å². The van der Waals surface area contributed by atoms with E-state index < -0.39 is 0 Å². The van der Waals surface area contributed by atoms with Crippen LogP contribution < -0.4 is 0 Å². The van der Waals surface area contributed by atoms with Gasteiger partial charge in [-0.3, -0.25) is 4.79 Å². The lowest BCUT2D eigenvalue weighted by Gasteiger charge is -1.96. The molecule has 0 aromatic carbocycles. The lowest BCUT2D eigenvalue weighted by molar-refractivity contribution is 0.0971. The quantitative estimate of drug-likeness (QED) is 0.811. The number of nitriles is 1. The maximum absolute atomic E-state index is 11.7. The summed E-state index contributed by atoms with van der Waals surface area (Å²) in [5.41, 5.74) is 0. The fourth-order valence-electron chi connectivity index (χ4n) is 1.11. The zero-order valence-corrected chi connectivity index (χ0v) is 10.3. The fraction of sp³-hybridized carbons (Fsp3) is 0.111. The van der Waals surface area contributed by atoms with Gasteiger partial charge in [0, 0.05) is 0 Å². The molecule has 2 aromatic heterocycles. The van der Waals surface area contributed by atoms with Crippen LogP contribution in [0.5, 0.6) is 0 Å². The van der Waals surface area contributed by atoms with Gasteiger partial charge in [0.05, 0.1) is 8.66 Å². The van der Waals surface area contributed by atoms with Gasteiger partial charge in [0.2, 0.25) is 0 Å². The van der Waals surface area contributed by atoms with Crippen molar-refractivity contribution in [2.75, 3.05) is 0 Å². The zero-order valence-electron chi connectivity index (χ0n) is 7.92. The van der Waals surface area contributed by atoms with Crippen molar-refractivity contribution in [3.63, 3.8) is 0 Å². The average Bonchev–Trinajstić information content (AvgIpc) is 2.87. The molecule has 0 aliphatic rings. The minimum atomic E-state index is -0.0508. The summed E-state index contributed by atoms with van der Waals surface area (Å²) in [6.45, 7) is 0.0988. The van der Waals surface area contributed by atoms with Gasteiger partial charge < -0.3 is 0 Å². The largest absolute Gasteiger partial charge is 0.291 e. The summed E-state index contributed by atoms with van der Waals surface area (Å²) in [6.07, 6.45) is 1.37. The van der Waals surface area contributed by atoms with Gasteiger partial charge in [0.15, 0.2) is 5.78 Å². The van der Waals surface area contributed by atoms with Crippen LogP contribution in [-0.4, -0.2) is 20.5 Å². The summed E-state index contributed by atoms with van der Waals surface area (Å²) in [7, 11) is 0. The molecule has 5 nitrogen and oxygen atoms in total. The van der Waals surface area contributed by atoms with E-state index in [0.717, 1.165) is 3.79 Å². The van der Waals surface area contributed by atoms with Crippen LogP contribution in [0.1, 0.15) is 15.5 Å². The SMILES string of the molecule is N#Cc1ncn(CC(=O)c2ccc(Br)s2)n1. The van der Waals surface area contributed by atoms with Gasteiger partial charge in [-0.2, -0.15) is 5.26 Å². The molecule has 0 atom stereocenters. The topological polar surface area (TPSA) is 71.6 Å². The van der Waals surface area contributed by atoms with Gasteiger partial charge in [-0.05, 0) is 28.1 Å². The molecule has 0 bridgehead atoms. The number of thiophene rings is 1. The van der Waals surface area contributed by atoms with Crippen LogP contribution in [0, 0.1) is 11.3 Å². The van der Waals surface area contributed by atoms with Crippen LogP contribution in [-0.2, 0) is 6.54 Å². The number of hydrogen-bond acceptors (Lipinski definition) is 5. The van der Waals surface area contributed by atoms with Crippen molar-refractivity contribution in [1.29, 1.82) is 5.26 Å². The number of carbonyl (C=O) groups is 1. The lowest BCUT2D eigenvalue weighted by Crippen LogP contribution is -2.09. The number of rotatable bonds is 3. The number of carbonyl (C=O) groups excluding carboxylic acids is 1. The molecular weight excluding hydrogens is 292 g/mol. The highest BCUT2D eigenvalue weighted by Gasteiger charge is 2.10. The normalized spacial score (nSPS) is 10.0. The van der Waals surface area contributed by atoms with E-state index in [2.05, 4.69) is 26.0 Å². The molecule has 2 aromatic rings. The monoisotopic (exact) mass is 296 g/mol. The minimum Gasteiger partial charge on any atom is -0.291 e. The third kappa shape index (κ3) is 2.35. The zero-order chi connectivity index (χ0) is 11.5. The van der Waals surface area contributed by atoms with Crippen molar-refractivity contribution >= 4 is 33.0 Å². The highest BCUT2D eigenvalue weighted by atomic mass is 79.9. The molecule has 0 aliphatic carbocycles. The number of nitrogens with zero attached hydrogens (tertiary/aromatic N) is 4. The van der Waals surface area contributed by atoms with Crippen LogP contribution in [0.2, 0.25) is 0 Å². The second kappa shape index (κ2) is 4.55.